The molecular weight excluding hydrogens is 562 g/mol. The molecule has 3 aromatic carbocycles. The van der Waals surface area contributed by atoms with Crippen LogP contribution in [0.15, 0.2) is 71.6 Å². The van der Waals surface area contributed by atoms with Gasteiger partial charge in [-0.15, -0.1) is 0 Å². The number of carbonyl (C=O) groups is 2. The van der Waals surface area contributed by atoms with E-state index in [1.54, 1.807) is 56.5 Å². The topological polar surface area (TPSA) is 96.0 Å². The molecule has 0 aliphatic heterocycles. The zero-order valence-corrected chi connectivity index (χ0v) is 26.6. The van der Waals surface area contributed by atoms with Crippen molar-refractivity contribution in [3.63, 3.8) is 0 Å². The molecule has 2 amide bonds. The van der Waals surface area contributed by atoms with Gasteiger partial charge in [0.25, 0.3) is 10.0 Å². The third-order valence-corrected chi connectivity index (χ3v) is 9.91. The minimum absolute atomic E-state index is 0.0789. The summed E-state index contributed by atoms with van der Waals surface area (Å²) in [7, 11) is -2.53. The first-order chi connectivity index (χ1) is 20.5. The van der Waals surface area contributed by atoms with Crippen molar-refractivity contribution in [1.29, 1.82) is 0 Å². The van der Waals surface area contributed by atoms with Gasteiger partial charge in [-0.3, -0.25) is 13.9 Å². The van der Waals surface area contributed by atoms with Crippen LogP contribution in [0.5, 0.6) is 5.75 Å². The number of sulfonamides is 1. The molecule has 0 spiro atoms. The van der Waals surface area contributed by atoms with Gasteiger partial charge >= 0.3 is 0 Å². The van der Waals surface area contributed by atoms with E-state index in [4.69, 9.17) is 4.74 Å². The van der Waals surface area contributed by atoms with Crippen molar-refractivity contribution in [2.24, 2.45) is 0 Å². The zero-order chi connectivity index (χ0) is 31.1. The van der Waals surface area contributed by atoms with Crippen molar-refractivity contribution in [3.8, 4) is 5.75 Å². The monoisotopic (exact) mass is 605 g/mol. The Morgan fingerprint density at radius 1 is 0.907 bits per heavy atom. The SMILES string of the molecule is COc1ccc(CN(C(=O)CN(c2ccc(C)cc2C)S(=O)(=O)c2ccc(C)cc2)C(C)C(=O)NC2CCCCC2)cc1. The number of benzene rings is 3. The summed E-state index contributed by atoms with van der Waals surface area (Å²) in [5.41, 5.74) is 3.85. The zero-order valence-electron chi connectivity index (χ0n) is 25.8. The summed E-state index contributed by atoms with van der Waals surface area (Å²) in [6.45, 7) is 7.03. The Kier molecular flexibility index (Phi) is 10.5. The lowest BCUT2D eigenvalue weighted by atomic mass is 9.95. The van der Waals surface area contributed by atoms with E-state index in [2.05, 4.69) is 5.32 Å². The number of hydrogen-bond acceptors (Lipinski definition) is 5. The van der Waals surface area contributed by atoms with Crippen molar-refractivity contribution in [1.82, 2.24) is 10.2 Å². The Bertz CT molecular complexity index is 1510. The minimum atomic E-state index is -4.12. The highest BCUT2D eigenvalue weighted by molar-refractivity contribution is 7.92. The average Bonchev–Trinajstić information content (AvgIpc) is 2.99. The van der Waals surface area contributed by atoms with Crippen LogP contribution in [0.3, 0.4) is 0 Å². The fourth-order valence-electron chi connectivity index (χ4n) is 5.51. The minimum Gasteiger partial charge on any atom is -0.497 e. The maximum absolute atomic E-state index is 14.2. The lowest BCUT2D eigenvalue weighted by molar-refractivity contribution is -0.139. The van der Waals surface area contributed by atoms with E-state index in [0.717, 1.165) is 54.4 Å². The van der Waals surface area contributed by atoms with Crippen LogP contribution < -0.4 is 14.4 Å². The van der Waals surface area contributed by atoms with E-state index in [9.17, 15) is 18.0 Å². The molecule has 0 saturated heterocycles. The van der Waals surface area contributed by atoms with E-state index < -0.39 is 28.5 Å². The first-order valence-corrected chi connectivity index (χ1v) is 16.3. The van der Waals surface area contributed by atoms with Gasteiger partial charge in [-0.1, -0.05) is 66.8 Å². The standard InChI is InChI=1S/C34H43N3O5S/c1-24-11-18-31(19-12-24)43(40,41)37(32-20-13-25(2)21-26(32)3)23-33(38)36(22-28-14-16-30(42-5)17-15-28)27(4)34(39)35-29-9-7-6-8-10-29/h11-21,27,29H,6-10,22-23H2,1-5H3,(H,35,39). The highest BCUT2D eigenvalue weighted by Crippen LogP contribution is 2.29. The lowest BCUT2D eigenvalue weighted by Crippen LogP contribution is -2.53. The quantitative estimate of drug-likeness (QED) is 0.303. The summed E-state index contributed by atoms with van der Waals surface area (Å²) in [6, 6.07) is 18.6. The number of anilines is 1. The van der Waals surface area contributed by atoms with E-state index in [1.807, 2.05) is 45.0 Å². The normalized spacial score (nSPS) is 14.5. The van der Waals surface area contributed by atoms with Gasteiger partial charge in [0.05, 0.1) is 17.7 Å². The number of aryl methyl sites for hydroxylation is 3. The van der Waals surface area contributed by atoms with E-state index >= 15 is 0 Å². The maximum atomic E-state index is 14.2. The second-order valence-corrected chi connectivity index (χ2v) is 13.4. The first-order valence-electron chi connectivity index (χ1n) is 14.9. The molecule has 8 nitrogen and oxygen atoms in total. The lowest BCUT2D eigenvalue weighted by Gasteiger charge is -2.33. The smallest absolute Gasteiger partial charge is 0.264 e. The van der Waals surface area contributed by atoms with Gasteiger partial charge in [-0.25, -0.2) is 8.42 Å². The largest absolute Gasteiger partial charge is 0.497 e. The summed E-state index contributed by atoms with van der Waals surface area (Å²) in [5, 5.41) is 3.14. The van der Waals surface area contributed by atoms with Crippen molar-refractivity contribution < 1.29 is 22.7 Å². The molecule has 1 N–H and O–H groups in total. The molecule has 9 heteroatoms. The molecule has 1 saturated carbocycles. The summed E-state index contributed by atoms with van der Waals surface area (Å²) >= 11 is 0. The fraction of sp³-hybridized carbons (Fsp3) is 0.412. The maximum Gasteiger partial charge on any atom is 0.264 e. The molecule has 0 aromatic heterocycles. The van der Waals surface area contributed by atoms with Crippen molar-refractivity contribution in [2.75, 3.05) is 18.0 Å². The third kappa shape index (κ3) is 7.96. The molecule has 43 heavy (non-hydrogen) atoms. The number of carbonyl (C=O) groups excluding carboxylic acids is 2. The molecule has 1 aliphatic carbocycles. The molecule has 4 rings (SSSR count). The molecular formula is C34H43N3O5S. The van der Waals surface area contributed by atoms with Gasteiger partial charge < -0.3 is 15.0 Å². The Morgan fingerprint density at radius 3 is 2.14 bits per heavy atom. The number of nitrogens with zero attached hydrogens (tertiary/aromatic N) is 2. The number of amides is 2. The fourth-order valence-corrected chi connectivity index (χ4v) is 6.99. The van der Waals surface area contributed by atoms with Crippen LogP contribution in [-0.4, -0.2) is 50.9 Å². The van der Waals surface area contributed by atoms with Crippen LogP contribution in [0.25, 0.3) is 0 Å². The number of rotatable bonds is 11. The Morgan fingerprint density at radius 2 is 1.53 bits per heavy atom. The molecule has 0 heterocycles. The van der Waals surface area contributed by atoms with Crippen LogP contribution in [0.2, 0.25) is 0 Å². The number of methoxy groups -OCH3 is 1. The molecule has 1 atom stereocenters. The van der Waals surface area contributed by atoms with Crippen LogP contribution in [0.4, 0.5) is 5.69 Å². The van der Waals surface area contributed by atoms with Crippen LogP contribution in [-0.2, 0) is 26.2 Å². The molecule has 1 unspecified atom stereocenters. The van der Waals surface area contributed by atoms with Gasteiger partial charge in [0.2, 0.25) is 11.8 Å². The summed E-state index contributed by atoms with van der Waals surface area (Å²) < 4.78 is 34.6. The number of hydrogen-bond donors (Lipinski definition) is 1. The predicted molar refractivity (Wildman–Crippen MR) is 170 cm³/mol. The van der Waals surface area contributed by atoms with Crippen molar-refractivity contribution in [3.05, 3.63) is 89.0 Å². The van der Waals surface area contributed by atoms with Crippen molar-refractivity contribution in [2.45, 2.75) is 83.3 Å². The molecule has 1 aliphatic rings. The Hall–Kier alpha value is -3.85. The Balaban J connectivity index is 1.70. The molecule has 0 bridgehead atoms. The van der Waals surface area contributed by atoms with Gasteiger partial charge in [-0.2, -0.15) is 0 Å². The van der Waals surface area contributed by atoms with Crippen LogP contribution in [0.1, 0.15) is 61.3 Å². The second-order valence-electron chi connectivity index (χ2n) is 11.5. The van der Waals surface area contributed by atoms with E-state index in [-0.39, 0.29) is 23.4 Å². The predicted octanol–water partition coefficient (Wildman–Crippen LogP) is 5.68. The summed E-state index contributed by atoms with van der Waals surface area (Å²) in [6.07, 6.45) is 5.12. The molecule has 3 aromatic rings. The third-order valence-electron chi connectivity index (χ3n) is 8.14. The highest BCUT2D eigenvalue weighted by Gasteiger charge is 2.33. The Labute approximate surface area is 256 Å². The van der Waals surface area contributed by atoms with Gasteiger partial charge in [-0.05, 0) is 82.0 Å². The average molecular weight is 606 g/mol. The van der Waals surface area contributed by atoms with Gasteiger partial charge in [0, 0.05) is 12.6 Å². The van der Waals surface area contributed by atoms with E-state index in [1.165, 1.54) is 9.21 Å². The van der Waals surface area contributed by atoms with Gasteiger partial charge in [0.1, 0.15) is 18.3 Å². The molecule has 230 valence electrons. The first kappa shape index (κ1) is 32.1. The molecule has 1 fully saturated rings. The second kappa shape index (κ2) is 14.1. The number of ether oxygens (including phenoxy) is 1. The van der Waals surface area contributed by atoms with Gasteiger partial charge in [0.15, 0.2) is 0 Å². The number of nitrogens with one attached hydrogen (secondary N) is 1. The van der Waals surface area contributed by atoms with Crippen LogP contribution >= 0.6 is 0 Å². The molecule has 0 radical (unpaired) electrons. The summed E-state index contributed by atoms with van der Waals surface area (Å²) in [4.78, 5) is 29.3. The van der Waals surface area contributed by atoms with Crippen molar-refractivity contribution >= 4 is 27.5 Å². The van der Waals surface area contributed by atoms with E-state index in [0.29, 0.717) is 11.4 Å². The van der Waals surface area contributed by atoms with Crippen LogP contribution in [0, 0.1) is 20.8 Å². The summed E-state index contributed by atoms with van der Waals surface area (Å²) in [5.74, 6) is -0.0408. The highest BCUT2D eigenvalue weighted by atomic mass is 32.2.